The SMILES string of the molecule is COC(=O)[C@H](C)/N=[P+](\[O-])Oc1ccccc1Cl. The Labute approximate surface area is 105 Å². The van der Waals surface area contributed by atoms with Crippen LogP contribution in [0.4, 0.5) is 0 Å². The first-order valence-electron chi connectivity index (χ1n) is 4.73. The average Bonchev–Trinajstić information content (AvgIpc) is 2.31. The van der Waals surface area contributed by atoms with Crippen LogP contribution in [0, 0.1) is 0 Å². The fourth-order valence-electron chi connectivity index (χ4n) is 0.986. The maximum atomic E-state index is 11.5. The van der Waals surface area contributed by atoms with Crippen molar-refractivity contribution in [3.8, 4) is 5.75 Å². The fourth-order valence-corrected chi connectivity index (χ4v) is 1.97. The molecule has 0 aliphatic carbocycles. The number of hydrogen-bond donors (Lipinski definition) is 0. The van der Waals surface area contributed by atoms with Gasteiger partial charge in [0.15, 0.2) is 6.04 Å². The second-order valence-electron chi connectivity index (χ2n) is 3.07. The van der Waals surface area contributed by atoms with Crippen molar-refractivity contribution in [2.75, 3.05) is 7.11 Å². The summed E-state index contributed by atoms with van der Waals surface area (Å²) >= 11 is 5.81. The van der Waals surface area contributed by atoms with Gasteiger partial charge in [-0.15, -0.1) is 0 Å². The number of rotatable bonds is 4. The third kappa shape index (κ3) is 4.30. The highest BCUT2D eigenvalue weighted by Gasteiger charge is 2.17. The van der Waals surface area contributed by atoms with Crippen LogP contribution >= 0.6 is 19.8 Å². The molecule has 0 heterocycles. The van der Waals surface area contributed by atoms with Crippen LogP contribution < -0.4 is 9.42 Å². The zero-order valence-electron chi connectivity index (χ0n) is 9.29. The van der Waals surface area contributed by atoms with Crippen LogP contribution in [0.3, 0.4) is 0 Å². The zero-order chi connectivity index (χ0) is 12.8. The third-order valence-electron chi connectivity index (χ3n) is 1.82. The molecule has 0 N–H and O–H groups in total. The van der Waals surface area contributed by atoms with E-state index >= 15 is 0 Å². The van der Waals surface area contributed by atoms with E-state index in [2.05, 4.69) is 9.48 Å². The van der Waals surface area contributed by atoms with E-state index in [9.17, 15) is 9.69 Å². The summed E-state index contributed by atoms with van der Waals surface area (Å²) in [6.07, 6.45) is 0. The summed E-state index contributed by atoms with van der Waals surface area (Å²) in [5.74, 6) is -0.313. The molecule has 0 aliphatic rings. The van der Waals surface area contributed by atoms with Gasteiger partial charge in [-0.2, -0.15) is 0 Å². The number of methoxy groups -OCH3 is 1. The van der Waals surface area contributed by atoms with Gasteiger partial charge in [0.1, 0.15) is 0 Å². The summed E-state index contributed by atoms with van der Waals surface area (Å²) in [5, 5.41) is 0.330. The number of halogens is 1. The van der Waals surface area contributed by atoms with Crippen LogP contribution in [0.2, 0.25) is 5.02 Å². The predicted molar refractivity (Wildman–Crippen MR) is 62.9 cm³/mol. The van der Waals surface area contributed by atoms with Gasteiger partial charge in [0.05, 0.1) is 12.1 Å². The van der Waals surface area contributed by atoms with E-state index in [-0.39, 0.29) is 5.75 Å². The van der Waals surface area contributed by atoms with Crippen LogP contribution in [-0.2, 0) is 9.53 Å². The molecule has 17 heavy (non-hydrogen) atoms. The molecule has 0 aromatic heterocycles. The van der Waals surface area contributed by atoms with E-state index in [0.29, 0.717) is 5.02 Å². The molecule has 0 bridgehead atoms. The molecule has 1 unspecified atom stereocenters. The van der Waals surface area contributed by atoms with Crippen molar-refractivity contribution in [1.82, 2.24) is 0 Å². The number of carbonyl (C=O) groups is 1. The summed E-state index contributed by atoms with van der Waals surface area (Å²) < 4.78 is 13.1. The first-order valence-corrected chi connectivity index (χ1v) is 6.23. The molecule has 5 nitrogen and oxygen atoms in total. The molecule has 1 aromatic rings. The van der Waals surface area contributed by atoms with Crippen molar-refractivity contribution in [3.63, 3.8) is 0 Å². The normalized spacial score (nSPS) is 13.1. The third-order valence-corrected chi connectivity index (χ3v) is 3.02. The monoisotopic (exact) mass is 275 g/mol. The zero-order valence-corrected chi connectivity index (χ0v) is 10.9. The van der Waals surface area contributed by atoms with Crippen molar-refractivity contribution in [3.05, 3.63) is 29.3 Å². The topological polar surface area (TPSA) is 71.0 Å². The minimum atomic E-state index is -2.36. The maximum absolute atomic E-state index is 11.5. The highest BCUT2D eigenvalue weighted by molar-refractivity contribution is 7.34. The highest BCUT2D eigenvalue weighted by Crippen LogP contribution is 2.30. The number of nitrogens with zero attached hydrogens (tertiary/aromatic N) is 1. The lowest BCUT2D eigenvalue weighted by Crippen LogP contribution is -2.16. The minimum absolute atomic E-state index is 0.260. The molecule has 7 heteroatoms. The number of hydrogen-bond acceptors (Lipinski definition) is 5. The standard InChI is InChI=1S/C10H11ClNO4P/c1-7(10(13)15-2)12-17(14)16-9-6-4-3-5-8(9)11/h3-7H,1-2H3/t7-/m0/s1. The lowest BCUT2D eigenvalue weighted by molar-refractivity contribution is -0.169. The van der Waals surface area contributed by atoms with Crippen LogP contribution in [-0.4, -0.2) is 19.1 Å². The Kier molecular flexibility index (Phi) is 5.35. The molecule has 0 saturated carbocycles. The van der Waals surface area contributed by atoms with Crippen molar-refractivity contribution in [2.45, 2.75) is 13.0 Å². The first kappa shape index (κ1) is 13.9. The Morgan fingerprint density at radius 2 is 2.18 bits per heavy atom. The van der Waals surface area contributed by atoms with E-state index in [1.807, 2.05) is 0 Å². The van der Waals surface area contributed by atoms with Gasteiger partial charge in [-0.3, -0.25) is 4.52 Å². The van der Waals surface area contributed by atoms with Gasteiger partial charge >= 0.3 is 14.1 Å². The molecule has 1 aromatic carbocycles. The molecule has 0 radical (unpaired) electrons. The number of esters is 1. The van der Waals surface area contributed by atoms with Gasteiger partial charge in [-0.1, -0.05) is 28.5 Å². The molecule has 0 fully saturated rings. The summed E-state index contributed by atoms with van der Waals surface area (Å²) in [5.41, 5.74) is 0. The number of ether oxygens (including phenoxy) is 1. The Morgan fingerprint density at radius 1 is 1.53 bits per heavy atom. The van der Waals surface area contributed by atoms with Gasteiger partial charge in [-0.25, -0.2) is 4.79 Å². The summed E-state index contributed by atoms with van der Waals surface area (Å²) in [4.78, 5) is 22.5. The van der Waals surface area contributed by atoms with Crippen LogP contribution in [0.15, 0.2) is 29.0 Å². The van der Waals surface area contributed by atoms with E-state index < -0.39 is 20.2 Å². The Bertz CT molecular complexity index is 438. The quantitative estimate of drug-likeness (QED) is 0.623. The highest BCUT2D eigenvalue weighted by atomic mass is 35.5. The van der Waals surface area contributed by atoms with E-state index in [1.165, 1.54) is 14.0 Å². The average molecular weight is 276 g/mol. The Morgan fingerprint density at radius 3 is 2.76 bits per heavy atom. The molecule has 2 atom stereocenters. The maximum Gasteiger partial charge on any atom is 0.395 e. The summed E-state index contributed by atoms with van der Waals surface area (Å²) in [6.45, 7) is 1.47. The summed E-state index contributed by atoms with van der Waals surface area (Å²) in [7, 11) is -1.13. The van der Waals surface area contributed by atoms with Gasteiger partial charge in [0.25, 0.3) is 0 Å². The fraction of sp³-hybridized carbons (Fsp3) is 0.300. The van der Waals surface area contributed by atoms with Gasteiger partial charge < -0.3 is 9.63 Å². The molecule has 0 spiro atoms. The molecular formula is C10H11ClNO4P. The van der Waals surface area contributed by atoms with Crippen molar-refractivity contribution in [2.24, 2.45) is 4.74 Å². The van der Waals surface area contributed by atoms with Gasteiger partial charge in [0.2, 0.25) is 5.75 Å². The number of benzene rings is 1. The van der Waals surface area contributed by atoms with Crippen molar-refractivity contribution < 1.29 is 18.9 Å². The lowest BCUT2D eigenvalue weighted by atomic mass is 10.3. The van der Waals surface area contributed by atoms with Gasteiger partial charge in [-0.05, 0) is 19.1 Å². The van der Waals surface area contributed by atoms with E-state index in [0.717, 1.165) is 0 Å². The molecular weight excluding hydrogens is 265 g/mol. The second-order valence-corrected chi connectivity index (χ2v) is 4.37. The molecule has 92 valence electrons. The Hall–Kier alpha value is -1.16. The largest absolute Gasteiger partial charge is 0.575 e. The van der Waals surface area contributed by atoms with Crippen LogP contribution in [0.25, 0.3) is 0 Å². The lowest BCUT2D eigenvalue weighted by Gasteiger charge is -2.02. The van der Waals surface area contributed by atoms with Crippen molar-refractivity contribution >= 4 is 25.7 Å². The molecule has 0 amide bonds. The number of carbonyl (C=O) groups excluding carboxylic acids is 1. The molecule has 0 saturated heterocycles. The minimum Gasteiger partial charge on any atom is -0.575 e. The first-order chi connectivity index (χ1) is 8.04. The predicted octanol–water partition coefficient (Wildman–Crippen LogP) is 2.14. The molecule has 1 rings (SSSR count). The van der Waals surface area contributed by atoms with E-state index in [4.69, 9.17) is 16.1 Å². The molecule has 0 aliphatic heterocycles. The van der Waals surface area contributed by atoms with Crippen LogP contribution in [0.1, 0.15) is 6.92 Å². The Balaban J connectivity index is 2.72. The van der Waals surface area contributed by atoms with E-state index in [1.54, 1.807) is 24.3 Å². The van der Waals surface area contributed by atoms with Crippen LogP contribution in [0.5, 0.6) is 5.75 Å². The summed E-state index contributed by atoms with van der Waals surface area (Å²) in [6, 6.07) is 5.73. The smallest absolute Gasteiger partial charge is 0.395 e. The van der Waals surface area contributed by atoms with Gasteiger partial charge in [0, 0.05) is 0 Å². The number of para-hydroxylation sites is 1. The van der Waals surface area contributed by atoms with Crippen molar-refractivity contribution in [1.29, 1.82) is 0 Å². The second kappa shape index (κ2) is 6.55.